The third-order valence-electron chi connectivity index (χ3n) is 4.65. The fourth-order valence-corrected chi connectivity index (χ4v) is 3.21. The van der Waals surface area contributed by atoms with Gasteiger partial charge in [0.2, 0.25) is 5.75 Å². The minimum absolute atomic E-state index is 0.247. The molecule has 3 N–H and O–H groups in total. The van der Waals surface area contributed by atoms with Crippen molar-refractivity contribution in [2.24, 2.45) is 0 Å². The van der Waals surface area contributed by atoms with E-state index in [0.717, 1.165) is 21.9 Å². The molecule has 0 unspecified atom stereocenters. The zero-order valence-corrected chi connectivity index (χ0v) is 15.5. The number of nitrogens with zero attached hydrogens (tertiary/aromatic N) is 2. The number of nitrogens with one attached hydrogen (secondary N) is 1. The van der Waals surface area contributed by atoms with Crippen LogP contribution in [0.1, 0.15) is 27.4 Å². The Morgan fingerprint density at radius 1 is 0.862 bits per heavy atom. The largest absolute Gasteiger partial charge is 0.501 e. The Kier molecular flexibility index (Phi) is 5.07. The summed E-state index contributed by atoms with van der Waals surface area (Å²) in [5.41, 5.74) is 1.63. The van der Waals surface area contributed by atoms with Crippen molar-refractivity contribution in [1.82, 2.24) is 15.3 Å². The van der Waals surface area contributed by atoms with Crippen molar-refractivity contribution in [1.29, 1.82) is 0 Å². The highest BCUT2D eigenvalue weighted by molar-refractivity contribution is 5.95. The van der Waals surface area contributed by atoms with Crippen molar-refractivity contribution >= 4 is 16.7 Å². The predicted molar refractivity (Wildman–Crippen MR) is 110 cm³/mol. The van der Waals surface area contributed by atoms with Crippen LogP contribution in [0, 0.1) is 0 Å². The lowest BCUT2D eigenvalue weighted by molar-refractivity contribution is 0.0941. The van der Waals surface area contributed by atoms with Gasteiger partial charge in [0, 0.05) is 13.0 Å². The molecule has 4 rings (SSSR count). The van der Waals surface area contributed by atoms with Gasteiger partial charge in [0.25, 0.3) is 11.8 Å². The molecular formula is C23H19N3O3. The molecule has 0 saturated carbocycles. The van der Waals surface area contributed by atoms with E-state index in [9.17, 15) is 15.0 Å². The van der Waals surface area contributed by atoms with Gasteiger partial charge < -0.3 is 15.5 Å². The van der Waals surface area contributed by atoms with E-state index in [4.69, 9.17) is 0 Å². The van der Waals surface area contributed by atoms with Crippen LogP contribution in [0.15, 0.2) is 72.8 Å². The van der Waals surface area contributed by atoms with Gasteiger partial charge >= 0.3 is 0 Å². The van der Waals surface area contributed by atoms with Crippen LogP contribution in [0.3, 0.4) is 0 Å². The van der Waals surface area contributed by atoms with E-state index in [0.29, 0.717) is 6.42 Å². The first kappa shape index (κ1) is 18.4. The summed E-state index contributed by atoms with van der Waals surface area (Å²) in [7, 11) is 0. The molecular weight excluding hydrogens is 366 g/mol. The van der Waals surface area contributed by atoms with Crippen molar-refractivity contribution in [3.05, 3.63) is 95.4 Å². The number of hydrogen-bond acceptors (Lipinski definition) is 5. The molecule has 3 aromatic carbocycles. The fraction of sp³-hybridized carbons (Fsp3) is 0.0870. The van der Waals surface area contributed by atoms with Crippen LogP contribution in [-0.2, 0) is 13.0 Å². The maximum Gasteiger partial charge on any atom is 0.274 e. The van der Waals surface area contributed by atoms with Gasteiger partial charge in [-0.05, 0) is 21.9 Å². The number of carbonyl (C=O) groups excluding carboxylic acids is 1. The van der Waals surface area contributed by atoms with Crippen LogP contribution in [0.2, 0.25) is 0 Å². The second-order valence-electron chi connectivity index (χ2n) is 6.64. The first-order valence-corrected chi connectivity index (χ1v) is 9.19. The molecule has 0 bridgehead atoms. The molecule has 0 aliphatic carbocycles. The number of fused-ring (bicyclic) bond motifs is 1. The first-order chi connectivity index (χ1) is 14.1. The molecule has 0 aliphatic rings. The molecule has 6 nitrogen and oxygen atoms in total. The van der Waals surface area contributed by atoms with Gasteiger partial charge in [-0.15, -0.1) is 0 Å². The Bertz CT molecular complexity index is 1170. The maximum atomic E-state index is 12.7. The number of benzene rings is 3. The minimum atomic E-state index is -0.628. The van der Waals surface area contributed by atoms with Crippen molar-refractivity contribution < 1.29 is 15.0 Å². The van der Waals surface area contributed by atoms with E-state index in [-0.39, 0.29) is 18.1 Å². The first-order valence-electron chi connectivity index (χ1n) is 9.19. The molecule has 29 heavy (non-hydrogen) atoms. The van der Waals surface area contributed by atoms with Gasteiger partial charge in [-0.2, -0.15) is 4.98 Å². The van der Waals surface area contributed by atoms with Crippen LogP contribution < -0.4 is 5.32 Å². The maximum absolute atomic E-state index is 12.7. The number of rotatable bonds is 5. The Hall–Kier alpha value is -3.93. The highest BCUT2D eigenvalue weighted by Crippen LogP contribution is 2.26. The lowest BCUT2D eigenvalue weighted by Crippen LogP contribution is -2.24. The van der Waals surface area contributed by atoms with Gasteiger partial charge in [0.05, 0.1) is 0 Å². The lowest BCUT2D eigenvalue weighted by atomic mass is 10.0. The Labute approximate surface area is 167 Å². The monoisotopic (exact) mass is 385 g/mol. The van der Waals surface area contributed by atoms with Crippen LogP contribution in [0.25, 0.3) is 10.8 Å². The van der Waals surface area contributed by atoms with Crippen LogP contribution in [0.4, 0.5) is 0 Å². The second-order valence-corrected chi connectivity index (χ2v) is 6.64. The predicted octanol–water partition coefficient (Wildman–Crippen LogP) is 3.56. The number of aromatic hydroxyl groups is 2. The van der Waals surface area contributed by atoms with E-state index in [1.165, 1.54) is 0 Å². The molecule has 0 radical (unpaired) electrons. The van der Waals surface area contributed by atoms with Gasteiger partial charge in [-0.1, -0.05) is 72.8 Å². The van der Waals surface area contributed by atoms with Crippen molar-refractivity contribution in [2.75, 3.05) is 0 Å². The summed E-state index contributed by atoms with van der Waals surface area (Å²) in [4.78, 5) is 20.7. The zero-order valence-electron chi connectivity index (χ0n) is 15.5. The van der Waals surface area contributed by atoms with E-state index in [2.05, 4.69) is 15.3 Å². The quantitative estimate of drug-likeness (QED) is 0.488. The number of carbonyl (C=O) groups is 1. The third kappa shape index (κ3) is 4.01. The summed E-state index contributed by atoms with van der Waals surface area (Å²) in [6.45, 7) is 0.262. The van der Waals surface area contributed by atoms with Crippen LogP contribution in [-0.4, -0.2) is 26.1 Å². The molecule has 1 amide bonds. The lowest BCUT2D eigenvalue weighted by Gasteiger charge is -2.10. The summed E-state index contributed by atoms with van der Waals surface area (Å²) >= 11 is 0. The van der Waals surface area contributed by atoms with Gasteiger partial charge in [-0.3, -0.25) is 4.79 Å². The van der Waals surface area contributed by atoms with E-state index in [1.807, 2.05) is 72.8 Å². The van der Waals surface area contributed by atoms with Gasteiger partial charge in [-0.25, -0.2) is 4.98 Å². The summed E-state index contributed by atoms with van der Waals surface area (Å²) in [5, 5.41) is 24.9. The minimum Gasteiger partial charge on any atom is -0.501 e. The smallest absolute Gasteiger partial charge is 0.274 e. The van der Waals surface area contributed by atoms with E-state index >= 15 is 0 Å². The van der Waals surface area contributed by atoms with Crippen LogP contribution >= 0.6 is 0 Å². The number of aromatic nitrogens is 2. The van der Waals surface area contributed by atoms with Crippen molar-refractivity contribution in [3.8, 4) is 11.6 Å². The summed E-state index contributed by atoms with van der Waals surface area (Å²) in [5.74, 6) is -1.57. The molecule has 0 saturated heterocycles. The third-order valence-corrected chi connectivity index (χ3v) is 4.65. The summed E-state index contributed by atoms with van der Waals surface area (Å²) in [6.07, 6.45) is 0.332. The van der Waals surface area contributed by atoms with Crippen LogP contribution in [0.5, 0.6) is 11.6 Å². The highest BCUT2D eigenvalue weighted by atomic mass is 16.3. The Morgan fingerprint density at radius 3 is 2.41 bits per heavy atom. The fourth-order valence-electron chi connectivity index (χ4n) is 3.21. The molecule has 0 fully saturated rings. The molecule has 0 spiro atoms. The molecule has 1 heterocycles. The Balaban J connectivity index is 1.56. The highest BCUT2D eigenvalue weighted by Gasteiger charge is 2.20. The van der Waals surface area contributed by atoms with Crippen molar-refractivity contribution in [3.63, 3.8) is 0 Å². The van der Waals surface area contributed by atoms with Gasteiger partial charge in [0.1, 0.15) is 5.82 Å². The standard InChI is InChI=1S/C23H19N3O3/c27-21-20(25-19(26-23(21)29)13-15-7-2-1-3-8-15)22(28)24-14-17-11-6-10-16-9-4-5-12-18(16)17/h1-12,27H,13-14H2,(H,24,28)(H,25,26,29). The SMILES string of the molecule is O=C(NCc1cccc2ccccc12)c1nc(Cc2ccccc2)nc(O)c1O. The van der Waals surface area contributed by atoms with Crippen molar-refractivity contribution in [2.45, 2.75) is 13.0 Å². The average Bonchev–Trinajstić information content (AvgIpc) is 2.75. The average molecular weight is 385 g/mol. The zero-order chi connectivity index (χ0) is 20.2. The molecule has 6 heteroatoms. The van der Waals surface area contributed by atoms with Gasteiger partial charge in [0.15, 0.2) is 5.69 Å². The second kappa shape index (κ2) is 7.98. The van der Waals surface area contributed by atoms with E-state index in [1.54, 1.807) is 0 Å². The topological polar surface area (TPSA) is 95.3 Å². The summed E-state index contributed by atoms with van der Waals surface area (Å²) in [6, 6.07) is 23.2. The molecule has 144 valence electrons. The normalized spacial score (nSPS) is 10.8. The van der Waals surface area contributed by atoms with E-state index < -0.39 is 17.5 Å². The summed E-state index contributed by atoms with van der Waals surface area (Å²) < 4.78 is 0. The molecule has 0 atom stereocenters. The molecule has 4 aromatic rings. The Morgan fingerprint density at radius 2 is 1.59 bits per heavy atom. The number of hydrogen-bond donors (Lipinski definition) is 3. The molecule has 1 aromatic heterocycles. The molecule has 0 aliphatic heterocycles. The number of amides is 1.